The van der Waals surface area contributed by atoms with Crippen molar-refractivity contribution in [3.63, 3.8) is 0 Å². The number of hydrogen-bond acceptors (Lipinski definition) is 4. The highest BCUT2D eigenvalue weighted by Crippen LogP contribution is 2.18. The molecular weight excluding hydrogens is 316 g/mol. The Balaban J connectivity index is 1.42. The number of hydrogen-bond donors (Lipinski definition) is 1. The number of para-hydroxylation sites is 1. The number of benzene rings is 2. The molecular formula is C20H24N2O3. The first-order valence-corrected chi connectivity index (χ1v) is 8.58. The minimum absolute atomic E-state index is 0.125. The summed E-state index contributed by atoms with van der Waals surface area (Å²) in [5.41, 5.74) is 2.03. The third-order valence-electron chi connectivity index (χ3n) is 4.20. The van der Waals surface area contributed by atoms with Gasteiger partial charge in [-0.2, -0.15) is 0 Å². The third kappa shape index (κ3) is 4.97. The molecule has 5 heteroatoms. The standard InChI is InChI=1S/C20H24N2O3/c1-22-11-10-19(20(22)23)21-17-7-5-6-16(14-17)15-24-12-13-25-18-8-3-2-4-9-18/h2-9,14,19,21H,10-13,15H2,1H3. The third-order valence-corrected chi connectivity index (χ3v) is 4.20. The van der Waals surface area contributed by atoms with Gasteiger partial charge in [-0.1, -0.05) is 30.3 Å². The summed E-state index contributed by atoms with van der Waals surface area (Å²) in [6.45, 7) is 2.37. The molecule has 1 fully saturated rings. The van der Waals surface area contributed by atoms with Gasteiger partial charge in [0.15, 0.2) is 0 Å². The number of likely N-dealkylation sites (N-methyl/N-ethyl adjacent to an activating group) is 1. The zero-order valence-corrected chi connectivity index (χ0v) is 14.5. The van der Waals surface area contributed by atoms with Crippen LogP contribution in [0.3, 0.4) is 0 Å². The Morgan fingerprint density at radius 3 is 2.72 bits per heavy atom. The highest BCUT2D eigenvalue weighted by Gasteiger charge is 2.28. The van der Waals surface area contributed by atoms with E-state index in [-0.39, 0.29) is 11.9 Å². The van der Waals surface area contributed by atoms with Crippen LogP contribution in [0.25, 0.3) is 0 Å². The van der Waals surface area contributed by atoms with Gasteiger partial charge in [0, 0.05) is 19.3 Å². The lowest BCUT2D eigenvalue weighted by Crippen LogP contribution is -2.30. The fourth-order valence-electron chi connectivity index (χ4n) is 2.83. The lowest BCUT2D eigenvalue weighted by atomic mass is 10.2. The highest BCUT2D eigenvalue weighted by atomic mass is 16.5. The molecule has 1 amide bonds. The zero-order valence-electron chi connectivity index (χ0n) is 14.5. The molecule has 1 atom stereocenters. The van der Waals surface area contributed by atoms with Crippen molar-refractivity contribution in [2.75, 3.05) is 32.1 Å². The molecule has 1 aliphatic rings. The molecule has 2 aromatic carbocycles. The monoisotopic (exact) mass is 340 g/mol. The predicted molar refractivity (Wildman–Crippen MR) is 97.7 cm³/mol. The van der Waals surface area contributed by atoms with E-state index in [1.165, 1.54) is 0 Å². The van der Waals surface area contributed by atoms with E-state index < -0.39 is 0 Å². The molecule has 3 rings (SSSR count). The Labute approximate surface area is 148 Å². The van der Waals surface area contributed by atoms with Crippen molar-refractivity contribution < 1.29 is 14.3 Å². The maximum Gasteiger partial charge on any atom is 0.244 e. The molecule has 1 unspecified atom stereocenters. The van der Waals surface area contributed by atoms with E-state index in [0.29, 0.717) is 19.8 Å². The van der Waals surface area contributed by atoms with Crippen LogP contribution in [0.5, 0.6) is 5.75 Å². The Hall–Kier alpha value is -2.53. The summed E-state index contributed by atoms with van der Waals surface area (Å²) in [7, 11) is 1.84. The lowest BCUT2D eigenvalue weighted by molar-refractivity contribution is -0.127. The van der Waals surface area contributed by atoms with Crippen molar-refractivity contribution in [3.8, 4) is 5.75 Å². The number of nitrogens with one attached hydrogen (secondary N) is 1. The van der Waals surface area contributed by atoms with E-state index in [1.54, 1.807) is 4.90 Å². The predicted octanol–water partition coefficient (Wildman–Crippen LogP) is 2.92. The van der Waals surface area contributed by atoms with Crippen molar-refractivity contribution in [3.05, 3.63) is 60.2 Å². The number of ether oxygens (including phenoxy) is 2. The molecule has 1 N–H and O–H groups in total. The van der Waals surface area contributed by atoms with Crippen LogP contribution >= 0.6 is 0 Å². The summed E-state index contributed by atoms with van der Waals surface area (Å²) < 4.78 is 11.3. The van der Waals surface area contributed by atoms with Crippen molar-refractivity contribution in [1.29, 1.82) is 0 Å². The summed E-state index contributed by atoms with van der Waals surface area (Å²) >= 11 is 0. The summed E-state index contributed by atoms with van der Waals surface area (Å²) in [5, 5.41) is 3.31. The molecule has 0 spiro atoms. The van der Waals surface area contributed by atoms with Crippen LogP contribution in [0.1, 0.15) is 12.0 Å². The maximum absolute atomic E-state index is 12.0. The number of rotatable bonds is 8. The molecule has 0 aromatic heterocycles. The number of nitrogens with zero attached hydrogens (tertiary/aromatic N) is 1. The van der Waals surface area contributed by atoms with Gasteiger partial charge in [-0.25, -0.2) is 0 Å². The van der Waals surface area contributed by atoms with Gasteiger partial charge in [0.1, 0.15) is 18.4 Å². The molecule has 25 heavy (non-hydrogen) atoms. The average Bonchev–Trinajstić information content (AvgIpc) is 2.95. The first kappa shape index (κ1) is 17.3. The van der Waals surface area contributed by atoms with Gasteiger partial charge in [0.05, 0.1) is 13.2 Å². The van der Waals surface area contributed by atoms with Crippen molar-refractivity contribution in [1.82, 2.24) is 4.90 Å². The molecule has 132 valence electrons. The van der Waals surface area contributed by atoms with Crippen LogP contribution < -0.4 is 10.1 Å². The Morgan fingerprint density at radius 2 is 1.96 bits per heavy atom. The van der Waals surface area contributed by atoms with E-state index in [9.17, 15) is 4.79 Å². The fourth-order valence-corrected chi connectivity index (χ4v) is 2.83. The smallest absolute Gasteiger partial charge is 0.244 e. The summed E-state index contributed by atoms with van der Waals surface area (Å²) in [5.74, 6) is 1.00. The molecule has 1 heterocycles. The van der Waals surface area contributed by atoms with Gasteiger partial charge in [0.25, 0.3) is 0 Å². The molecule has 1 aliphatic heterocycles. The van der Waals surface area contributed by atoms with Crippen LogP contribution in [-0.4, -0.2) is 43.7 Å². The van der Waals surface area contributed by atoms with Gasteiger partial charge in [-0.3, -0.25) is 4.79 Å². The first-order valence-electron chi connectivity index (χ1n) is 8.58. The van der Waals surface area contributed by atoms with Crippen LogP contribution in [0.15, 0.2) is 54.6 Å². The van der Waals surface area contributed by atoms with Gasteiger partial charge < -0.3 is 19.7 Å². The second-order valence-electron chi connectivity index (χ2n) is 6.16. The largest absolute Gasteiger partial charge is 0.491 e. The minimum Gasteiger partial charge on any atom is -0.491 e. The van der Waals surface area contributed by atoms with Crippen LogP contribution in [0.4, 0.5) is 5.69 Å². The molecule has 2 aromatic rings. The van der Waals surface area contributed by atoms with Crippen molar-refractivity contribution in [2.24, 2.45) is 0 Å². The summed E-state index contributed by atoms with van der Waals surface area (Å²) in [4.78, 5) is 13.7. The average molecular weight is 340 g/mol. The molecule has 0 saturated carbocycles. The van der Waals surface area contributed by atoms with E-state index in [1.807, 2.05) is 61.6 Å². The van der Waals surface area contributed by atoms with Gasteiger partial charge in [-0.05, 0) is 36.2 Å². The second-order valence-corrected chi connectivity index (χ2v) is 6.16. The molecule has 0 aliphatic carbocycles. The van der Waals surface area contributed by atoms with Crippen LogP contribution in [-0.2, 0) is 16.1 Å². The van der Waals surface area contributed by atoms with Gasteiger partial charge in [-0.15, -0.1) is 0 Å². The number of anilines is 1. The van der Waals surface area contributed by atoms with Gasteiger partial charge in [0.2, 0.25) is 5.91 Å². The Kier molecular flexibility index (Phi) is 5.90. The Bertz CT molecular complexity index is 690. The normalized spacial score (nSPS) is 16.9. The summed E-state index contributed by atoms with van der Waals surface area (Å²) in [6, 6.07) is 17.6. The Morgan fingerprint density at radius 1 is 1.12 bits per heavy atom. The van der Waals surface area contributed by atoms with E-state index in [4.69, 9.17) is 9.47 Å². The minimum atomic E-state index is -0.125. The second kappa shape index (κ2) is 8.53. The van der Waals surface area contributed by atoms with E-state index in [0.717, 1.165) is 30.0 Å². The first-order chi connectivity index (χ1) is 12.2. The van der Waals surface area contributed by atoms with Crippen LogP contribution in [0, 0.1) is 0 Å². The SMILES string of the molecule is CN1CCC(Nc2cccc(COCCOc3ccccc3)c2)C1=O. The molecule has 1 saturated heterocycles. The maximum atomic E-state index is 12.0. The summed E-state index contributed by atoms with van der Waals surface area (Å²) in [6.07, 6.45) is 0.840. The van der Waals surface area contributed by atoms with E-state index >= 15 is 0 Å². The van der Waals surface area contributed by atoms with Crippen molar-refractivity contribution in [2.45, 2.75) is 19.1 Å². The van der Waals surface area contributed by atoms with E-state index in [2.05, 4.69) is 5.32 Å². The lowest BCUT2D eigenvalue weighted by Gasteiger charge is -2.14. The molecule has 5 nitrogen and oxygen atoms in total. The number of amides is 1. The quantitative estimate of drug-likeness (QED) is 0.751. The number of carbonyl (C=O) groups excluding carboxylic acids is 1. The molecule has 0 radical (unpaired) electrons. The fraction of sp³-hybridized carbons (Fsp3) is 0.350. The van der Waals surface area contributed by atoms with Crippen molar-refractivity contribution >= 4 is 11.6 Å². The highest BCUT2D eigenvalue weighted by molar-refractivity contribution is 5.86. The molecule has 0 bridgehead atoms. The zero-order chi connectivity index (χ0) is 17.5. The topological polar surface area (TPSA) is 50.8 Å². The van der Waals surface area contributed by atoms with Crippen LogP contribution in [0.2, 0.25) is 0 Å². The number of carbonyl (C=O) groups is 1. The van der Waals surface area contributed by atoms with Gasteiger partial charge >= 0.3 is 0 Å². The number of likely N-dealkylation sites (tertiary alicyclic amines) is 1.